The Hall–Kier alpha value is -2.11. The lowest BCUT2D eigenvalue weighted by molar-refractivity contribution is 0.0524. The summed E-state index contributed by atoms with van der Waals surface area (Å²) in [5, 5.41) is 3.75. The van der Waals surface area contributed by atoms with E-state index in [0.29, 0.717) is 12.5 Å². The van der Waals surface area contributed by atoms with Gasteiger partial charge in [0.25, 0.3) is 0 Å². The van der Waals surface area contributed by atoms with Crippen LogP contribution >= 0.6 is 0 Å². The summed E-state index contributed by atoms with van der Waals surface area (Å²) in [6.07, 6.45) is 8.28. The first-order chi connectivity index (χ1) is 12.3. The van der Waals surface area contributed by atoms with Gasteiger partial charge in [0.15, 0.2) is 0 Å². The van der Waals surface area contributed by atoms with Gasteiger partial charge in [-0.3, -0.25) is 0 Å². The number of ether oxygens (including phenoxy) is 2. The summed E-state index contributed by atoms with van der Waals surface area (Å²) < 4.78 is 13.5. The van der Waals surface area contributed by atoms with Crippen molar-refractivity contribution in [2.24, 2.45) is 13.0 Å². The second-order valence-electron chi connectivity index (χ2n) is 6.83. The Labute approximate surface area is 148 Å². The fourth-order valence-electron chi connectivity index (χ4n) is 3.70. The van der Waals surface area contributed by atoms with Crippen LogP contribution in [-0.2, 0) is 11.8 Å². The summed E-state index contributed by atoms with van der Waals surface area (Å²) in [4.78, 5) is 4.60. The third kappa shape index (κ3) is 3.62. The Morgan fingerprint density at radius 2 is 2.12 bits per heavy atom. The van der Waals surface area contributed by atoms with Crippen LogP contribution in [0, 0.1) is 5.92 Å². The van der Waals surface area contributed by atoms with E-state index in [0.717, 1.165) is 49.7 Å². The van der Waals surface area contributed by atoms with Gasteiger partial charge in [-0.1, -0.05) is 18.2 Å². The highest BCUT2D eigenvalue weighted by Gasteiger charge is 2.28. The van der Waals surface area contributed by atoms with Crippen LogP contribution in [-0.4, -0.2) is 35.9 Å². The highest BCUT2D eigenvalue weighted by molar-refractivity contribution is 5.62. The van der Waals surface area contributed by atoms with Crippen LogP contribution in [0.5, 0.6) is 5.75 Å². The van der Waals surface area contributed by atoms with Crippen molar-refractivity contribution in [2.45, 2.75) is 18.9 Å². The van der Waals surface area contributed by atoms with Crippen molar-refractivity contribution in [1.29, 1.82) is 0 Å². The number of hydrogen-bond donors (Lipinski definition) is 1. The fraction of sp³-hybridized carbons (Fsp3) is 0.450. The van der Waals surface area contributed by atoms with Crippen LogP contribution in [0.2, 0.25) is 0 Å². The SMILES string of the molecule is Cn1ccnc1[C@H](NCC1=Cc2ccccc2OC1)C1CCOCC1. The monoisotopic (exact) mass is 339 g/mol. The van der Waals surface area contributed by atoms with E-state index in [1.165, 1.54) is 5.57 Å². The molecule has 0 saturated carbocycles. The molecule has 3 heterocycles. The predicted molar refractivity (Wildman–Crippen MR) is 97.4 cm³/mol. The molecule has 4 rings (SSSR count). The summed E-state index contributed by atoms with van der Waals surface area (Å²) in [6.45, 7) is 3.13. The first kappa shape index (κ1) is 16.4. The lowest BCUT2D eigenvalue weighted by atomic mass is 9.90. The zero-order chi connectivity index (χ0) is 17.1. The van der Waals surface area contributed by atoms with E-state index in [1.807, 2.05) is 30.6 Å². The first-order valence-electron chi connectivity index (χ1n) is 9.01. The molecule has 5 nitrogen and oxygen atoms in total. The highest BCUT2D eigenvalue weighted by Crippen LogP contribution is 2.30. The lowest BCUT2D eigenvalue weighted by Gasteiger charge is -2.31. The number of imidazole rings is 1. The van der Waals surface area contributed by atoms with Gasteiger partial charge in [-0.15, -0.1) is 0 Å². The van der Waals surface area contributed by atoms with Gasteiger partial charge < -0.3 is 19.4 Å². The van der Waals surface area contributed by atoms with Crippen molar-refractivity contribution >= 4 is 6.08 Å². The molecular weight excluding hydrogens is 314 g/mol. The third-order valence-corrected chi connectivity index (χ3v) is 5.11. The maximum absolute atomic E-state index is 5.88. The normalized spacial score (nSPS) is 19.0. The quantitative estimate of drug-likeness (QED) is 0.910. The van der Waals surface area contributed by atoms with E-state index in [1.54, 1.807) is 0 Å². The van der Waals surface area contributed by atoms with E-state index in [9.17, 15) is 0 Å². The number of para-hydroxylation sites is 1. The lowest BCUT2D eigenvalue weighted by Crippen LogP contribution is -2.35. The molecule has 2 aliphatic rings. The smallest absolute Gasteiger partial charge is 0.127 e. The minimum atomic E-state index is 0.238. The standard InChI is InChI=1S/C20H25N3O2/c1-23-9-8-21-20(23)19(16-6-10-24-11-7-16)22-13-15-12-17-4-2-3-5-18(17)25-14-15/h2-5,8-9,12,16,19,22H,6-7,10-11,13-14H2,1H3/t19-/m1/s1. The average molecular weight is 339 g/mol. The van der Waals surface area contributed by atoms with Crippen molar-refractivity contribution < 1.29 is 9.47 Å². The van der Waals surface area contributed by atoms with E-state index in [4.69, 9.17) is 9.47 Å². The molecule has 1 aromatic heterocycles. The number of aromatic nitrogens is 2. The van der Waals surface area contributed by atoms with E-state index in [-0.39, 0.29) is 6.04 Å². The van der Waals surface area contributed by atoms with E-state index < -0.39 is 0 Å². The van der Waals surface area contributed by atoms with Crippen molar-refractivity contribution in [3.63, 3.8) is 0 Å². The molecule has 0 spiro atoms. The second-order valence-corrected chi connectivity index (χ2v) is 6.83. The van der Waals surface area contributed by atoms with Gasteiger partial charge in [0, 0.05) is 44.8 Å². The molecule has 1 fully saturated rings. The van der Waals surface area contributed by atoms with Crippen molar-refractivity contribution in [1.82, 2.24) is 14.9 Å². The molecule has 1 aromatic carbocycles. The number of fused-ring (bicyclic) bond motifs is 1. The van der Waals surface area contributed by atoms with Crippen LogP contribution < -0.4 is 10.1 Å². The molecule has 132 valence electrons. The Bertz CT molecular complexity index is 747. The molecule has 1 saturated heterocycles. The Kier molecular flexibility index (Phi) is 4.85. The van der Waals surface area contributed by atoms with Crippen LogP contribution in [0.25, 0.3) is 6.08 Å². The maximum Gasteiger partial charge on any atom is 0.127 e. The van der Waals surface area contributed by atoms with Gasteiger partial charge >= 0.3 is 0 Å². The molecule has 2 aliphatic heterocycles. The maximum atomic E-state index is 5.88. The minimum Gasteiger partial charge on any atom is -0.489 e. The molecule has 0 aliphatic carbocycles. The molecule has 1 atom stereocenters. The van der Waals surface area contributed by atoms with Crippen LogP contribution in [0.4, 0.5) is 0 Å². The predicted octanol–water partition coefficient (Wildman–Crippen LogP) is 2.95. The largest absolute Gasteiger partial charge is 0.489 e. The topological polar surface area (TPSA) is 48.3 Å². The summed E-state index contributed by atoms with van der Waals surface area (Å²) in [7, 11) is 2.07. The molecular formula is C20H25N3O2. The number of aryl methyl sites for hydroxylation is 1. The highest BCUT2D eigenvalue weighted by atomic mass is 16.5. The van der Waals surface area contributed by atoms with Gasteiger partial charge in [-0.05, 0) is 36.5 Å². The molecule has 2 aromatic rings. The number of hydrogen-bond acceptors (Lipinski definition) is 4. The number of rotatable bonds is 5. The van der Waals surface area contributed by atoms with Gasteiger partial charge in [-0.25, -0.2) is 4.98 Å². The number of benzene rings is 1. The van der Waals surface area contributed by atoms with Crippen LogP contribution in [0.3, 0.4) is 0 Å². The van der Waals surface area contributed by atoms with Crippen LogP contribution in [0.1, 0.15) is 30.3 Å². The average Bonchev–Trinajstić information content (AvgIpc) is 3.08. The minimum absolute atomic E-state index is 0.238. The number of nitrogens with zero attached hydrogens (tertiary/aromatic N) is 2. The van der Waals surface area contributed by atoms with Crippen molar-refractivity contribution in [2.75, 3.05) is 26.4 Å². The summed E-state index contributed by atoms with van der Waals surface area (Å²) >= 11 is 0. The zero-order valence-corrected chi connectivity index (χ0v) is 14.6. The van der Waals surface area contributed by atoms with Crippen LogP contribution in [0.15, 0.2) is 42.2 Å². The molecule has 0 bridgehead atoms. The Morgan fingerprint density at radius 1 is 1.28 bits per heavy atom. The first-order valence-corrected chi connectivity index (χ1v) is 9.01. The van der Waals surface area contributed by atoms with E-state index >= 15 is 0 Å². The molecule has 0 amide bonds. The third-order valence-electron chi connectivity index (χ3n) is 5.11. The molecule has 1 N–H and O–H groups in total. The van der Waals surface area contributed by atoms with Crippen molar-refractivity contribution in [3.8, 4) is 5.75 Å². The fourth-order valence-corrected chi connectivity index (χ4v) is 3.70. The second kappa shape index (κ2) is 7.42. The van der Waals surface area contributed by atoms with Gasteiger partial charge in [-0.2, -0.15) is 0 Å². The van der Waals surface area contributed by atoms with Crippen molar-refractivity contribution in [3.05, 3.63) is 53.6 Å². The van der Waals surface area contributed by atoms with Gasteiger partial charge in [0.2, 0.25) is 0 Å². The summed E-state index contributed by atoms with van der Waals surface area (Å²) in [6, 6.07) is 8.42. The van der Waals surface area contributed by atoms with E-state index in [2.05, 4.69) is 34.1 Å². The molecule has 5 heteroatoms. The number of nitrogens with one attached hydrogen (secondary N) is 1. The molecule has 25 heavy (non-hydrogen) atoms. The molecule has 0 radical (unpaired) electrons. The van der Waals surface area contributed by atoms with Gasteiger partial charge in [0.1, 0.15) is 18.2 Å². The summed E-state index contributed by atoms with van der Waals surface area (Å²) in [5.74, 6) is 2.62. The zero-order valence-electron chi connectivity index (χ0n) is 14.6. The molecule has 0 unspecified atom stereocenters. The van der Waals surface area contributed by atoms with Gasteiger partial charge in [0.05, 0.1) is 6.04 Å². The Morgan fingerprint density at radius 3 is 2.92 bits per heavy atom. The summed E-state index contributed by atoms with van der Waals surface area (Å²) in [5.41, 5.74) is 2.43. The Balaban J connectivity index is 1.50.